The monoisotopic (exact) mass is 349 g/mol. The lowest BCUT2D eigenvalue weighted by atomic mass is 9.85. The Morgan fingerprint density at radius 3 is 2.81 bits per heavy atom. The fourth-order valence-corrected chi connectivity index (χ4v) is 3.63. The van der Waals surface area contributed by atoms with Gasteiger partial charge in [-0.25, -0.2) is 4.68 Å². The molecule has 0 radical (unpaired) electrons. The van der Waals surface area contributed by atoms with E-state index in [0.29, 0.717) is 19.0 Å². The van der Waals surface area contributed by atoms with Crippen molar-refractivity contribution in [1.29, 1.82) is 0 Å². The molecule has 6 nitrogen and oxygen atoms in total. The van der Waals surface area contributed by atoms with Crippen LogP contribution in [-0.4, -0.2) is 40.5 Å². The minimum absolute atomic E-state index is 0.00134. The van der Waals surface area contributed by atoms with E-state index in [0.717, 1.165) is 30.5 Å². The summed E-state index contributed by atoms with van der Waals surface area (Å²) in [7, 11) is 0. The molecule has 1 aliphatic rings. The topological polar surface area (TPSA) is 71.8 Å². The molecule has 2 heterocycles. The summed E-state index contributed by atoms with van der Waals surface area (Å²) in [6, 6.07) is 18.3. The van der Waals surface area contributed by atoms with Crippen molar-refractivity contribution in [2.75, 3.05) is 19.6 Å². The van der Waals surface area contributed by atoms with Gasteiger partial charge in [-0.1, -0.05) is 47.7 Å². The molecular weight excluding hydrogens is 326 g/mol. The fraction of sp³-hybridized carbons (Fsp3) is 0.350. The highest BCUT2D eigenvalue weighted by Gasteiger charge is 2.27. The van der Waals surface area contributed by atoms with Gasteiger partial charge in [0.1, 0.15) is 5.52 Å². The Hall–Kier alpha value is -2.73. The van der Waals surface area contributed by atoms with Crippen molar-refractivity contribution in [2.24, 2.45) is 5.92 Å². The molecule has 6 heteroatoms. The van der Waals surface area contributed by atoms with E-state index in [1.807, 2.05) is 35.0 Å². The van der Waals surface area contributed by atoms with Crippen LogP contribution in [0.25, 0.3) is 11.0 Å². The predicted molar refractivity (Wildman–Crippen MR) is 101 cm³/mol. The standard InChI is InChI=1S/C20H23N5O/c26-20(17-12-16(13-21-14-17)15-6-2-1-3-7-15)22-10-11-25-19-9-5-4-8-18(19)23-24-25/h1-9,16-17,21H,10-14H2,(H,22,26)/t16-,17+/m1/s1. The van der Waals surface area contributed by atoms with E-state index in [2.05, 4.69) is 45.2 Å². The van der Waals surface area contributed by atoms with E-state index in [4.69, 9.17) is 0 Å². The number of para-hydroxylation sites is 1. The average Bonchev–Trinajstić information content (AvgIpc) is 3.12. The van der Waals surface area contributed by atoms with Crippen LogP contribution in [0.3, 0.4) is 0 Å². The van der Waals surface area contributed by atoms with Gasteiger partial charge in [-0.05, 0) is 30.0 Å². The maximum atomic E-state index is 12.6. The molecule has 1 fully saturated rings. The zero-order valence-corrected chi connectivity index (χ0v) is 14.6. The van der Waals surface area contributed by atoms with E-state index in [9.17, 15) is 4.79 Å². The first-order chi connectivity index (χ1) is 12.8. The van der Waals surface area contributed by atoms with Gasteiger partial charge < -0.3 is 10.6 Å². The number of nitrogens with one attached hydrogen (secondary N) is 2. The first-order valence-corrected chi connectivity index (χ1v) is 9.13. The highest BCUT2D eigenvalue weighted by atomic mass is 16.1. The normalized spacial score (nSPS) is 20.2. The van der Waals surface area contributed by atoms with Crippen LogP contribution in [-0.2, 0) is 11.3 Å². The quantitative estimate of drug-likeness (QED) is 0.738. The number of aromatic nitrogens is 3. The van der Waals surface area contributed by atoms with E-state index in [1.165, 1.54) is 5.56 Å². The van der Waals surface area contributed by atoms with Crippen LogP contribution >= 0.6 is 0 Å². The molecule has 0 spiro atoms. The van der Waals surface area contributed by atoms with Gasteiger partial charge in [-0.2, -0.15) is 0 Å². The Balaban J connectivity index is 1.32. The number of rotatable bonds is 5. The third-order valence-corrected chi connectivity index (χ3v) is 5.04. The summed E-state index contributed by atoms with van der Waals surface area (Å²) in [5.41, 5.74) is 3.16. The number of fused-ring (bicyclic) bond motifs is 1. The number of hydrogen-bond donors (Lipinski definition) is 2. The van der Waals surface area contributed by atoms with E-state index in [-0.39, 0.29) is 11.8 Å². The summed E-state index contributed by atoms with van der Waals surface area (Å²) in [5, 5.41) is 14.8. The zero-order valence-electron chi connectivity index (χ0n) is 14.6. The molecule has 3 aromatic rings. The zero-order chi connectivity index (χ0) is 17.8. The number of benzene rings is 2. The van der Waals surface area contributed by atoms with Gasteiger partial charge in [0.25, 0.3) is 0 Å². The van der Waals surface area contributed by atoms with Crippen molar-refractivity contribution in [2.45, 2.75) is 18.9 Å². The lowest BCUT2D eigenvalue weighted by Gasteiger charge is -2.29. The number of piperidine rings is 1. The number of hydrogen-bond acceptors (Lipinski definition) is 4. The molecule has 1 saturated heterocycles. The summed E-state index contributed by atoms with van der Waals surface area (Å²) in [5.74, 6) is 0.504. The molecule has 134 valence electrons. The van der Waals surface area contributed by atoms with Gasteiger partial charge in [0.2, 0.25) is 5.91 Å². The van der Waals surface area contributed by atoms with E-state index in [1.54, 1.807) is 0 Å². The Bertz CT molecular complexity index is 876. The summed E-state index contributed by atoms with van der Waals surface area (Å²) in [4.78, 5) is 12.6. The molecule has 0 bridgehead atoms. The number of amides is 1. The summed E-state index contributed by atoms with van der Waals surface area (Å²) in [6.07, 6.45) is 0.884. The maximum absolute atomic E-state index is 12.6. The van der Waals surface area contributed by atoms with Crippen molar-refractivity contribution in [3.8, 4) is 0 Å². The van der Waals surface area contributed by atoms with Gasteiger partial charge >= 0.3 is 0 Å². The average molecular weight is 349 g/mol. The highest BCUT2D eigenvalue weighted by Crippen LogP contribution is 2.26. The Morgan fingerprint density at radius 1 is 1.12 bits per heavy atom. The molecule has 1 aromatic heterocycles. The summed E-state index contributed by atoms with van der Waals surface area (Å²) >= 11 is 0. The lowest BCUT2D eigenvalue weighted by Crippen LogP contribution is -2.44. The third-order valence-electron chi connectivity index (χ3n) is 5.04. The van der Waals surface area contributed by atoms with Gasteiger partial charge in [0.05, 0.1) is 18.0 Å². The molecule has 0 unspecified atom stereocenters. The molecule has 2 atom stereocenters. The minimum atomic E-state index is 0.00134. The van der Waals surface area contributed by atoms with E-state index >= 15 is 0 Å². The van der Waals surface area contributed by atoms with Crippen LogP contribution in [0.1, 0.15) is 17.9 Å². The highest BCUT2D eigenvalue weighted by molar-refractivity contribution is 5.79. The number of nitrogens with zero attached hydrogens (tertiary/aromatic N) is 3. The molecule has 0 aliphatic carbocycles. The Morgan fingerprint density at radius 2 is 1.92 bits per heavy atom. The second-order valence-corrected chi connectivity index (χ2v) is 6.79. The predicted octanol–water partition coefficient (Wildman–Crippen LogP) is 1.94. The van der Waals surface area contributed by atoms with Crippen LogP contribution in [0, 0.1) is 5.92 Å². The number of carbonyl (C=O) groups is 1. The van der Waals surface area contributed by atoms with E-state index < -0.39 is 0 Å². The van der Waals surface area contributed by atoms with Crippen molar-refractivity contribution in [3.05, 3.63) is 60.2 Å². The van der Waals surface area contributed by atoms with Crippen LogP contribution in [0.5, 0.6) is 0 Å². The molecule has 1 amide bonds. The molecule has 2 N–H and O–H groups in total. The first-order valence-electron chi connectivity index (χ1n) is 9.13. The van der Waals surface area contributed by atoms with Crippen molar-refractivity contribution >= 4 is 16.9 Å². The molecule has 2 aromatic carbocycles. The number of carbonyl (C=O) groups excluding carboxylic acids is 1. The Kier molecular flexibility index (Phi) is 4.93. The summed E-state index contributed by atoms with van der Waals surface area (Å²) in [6.45, 7) is 2.84. The largest absolute Gasteiger partial charge is 0.354 e. The smallest absolute Gasteiger partial charge is 0.224 e. The first kappa shape index (κ1) is 16.7. The van der Waals surface area contributed by atoms with Gasteiger partial charge in [-0.15, -0.1) is 5.10 Å². The van der Waals surface area contributed by atoms with Crippen molar-refractivity contribution in [3.63, 3.8) is 0 Å². The van der Waals surface area contributed by atoms with Gasteiger partial charge in [0.15, 0.2) is 0 Å². The van der Waals surface area contributed by atoms with Gasteiger partial charge in [0, 0.05) is 19.6 Å². The van der Waals surface area contributed by atoms with Crippen LogP contribution in [0.15, 0.2) is 54.6 Å². The van der Waals surface area contributed by atoms with Crippen molar-refractivity contribution in [1.82, 2.24) is 25.6 Å². The minimum Gasteiger partial charge on any atom is -0.354 e. The third kappa shape index (κ3) is 3.60. The molecular formula is C20H23N5O. The molecule has 0 saturated carbocycles. The molecule has 26 heavy (non-hydrogen) atoms. The summed E-state index contributed by atoms with van der Waals surface area (Å²) < 4.78 is 1.83. The second kappa shape index (κ2) is 7.66. The second-order valence-electron chi connectivity index (χ2n) is 6.79. The molecule has 4 rings (SSSR count). The Labute approximate surface area is 152 Å². The maximum Gasteiger partial charge on any atom is 0.224 e. The fourth-order valence-electron chi connectivity index (χ4n) is 3.63. The van der Waals surface area contributed by atoms with Crippen LogP contribution in [0.2, 0.25) is 0 Å². The van der Waals surface area contributed by atoms with Crippen molar-refractivity contribution < 1.29 is 4.79 Å². The molecule has 1 aliphatic heterocycles. The van der Waals surface area contributed by atoms with Crippen LogP contribution in [0.4, 0.5) is 0 Å². The van der Waals surface area contributed by atoms with Crippen LogP contribution < -0.4 is 10.6 Å². The van der Waals surface area contributed by atoms with Gasteiger partial charge in [-0.3, -0.25) is 4.79 Å². The SMILES string of the molecule is O=C(NCCn1nnc2ccccc21)[C@@H]1CNC[C@H](c2ccccc2)C1. The lowest BCUT2D eigenvalue weighted by molar-refractivity contribution is -0.125.